The van der Waals surface area contributed by atoms with Gasteiger partial charge in [-0.05, 0) is 24.5 Å². The van der Waals surface area contributed by atoms with Crippen molar-refractivity contribution in [2.45, 2.75) is 19.3 Å². The summed E-state index contributed by atoms with van der Waals surface area (Å²) in [6.07, 6.45) is 1.77. The van der Waals surface area contributed by atoms with Crippen LogP contribution in [0.25, 0.3) is 0 Å². The number of benzene rings is 1. The molecule has 2 N–H and O–H groups in total. The number of hydrogen-bond acceptors (Lipinski definition) is 3. The first-order chi connectivity index (χ1) is 9.61. The zero-order valence-corrected chi connectivity index (χ0v) is 11.6. The van der Waals surface area contributed by atoms with Crippen molar-refractivity contribution >= 4 is 17.6 Å². The van der Waals surface area contributed by atoms with Gasteiger partial charge in [-0.2, -0.15) is 0 Å². The number of carbonyl (C=O) groups is 2. The number of carbonyl (C=O) groups excluding carboxylic acids is 1. The number of amides is 1. The van der Waals surface area contributed by atoms with Crippen LogP contribution < -0.4 is 10.2 Å². The van der Waals surface area contributed by atoms with Gasteiger partial charge in [-0.15, -0.1) is 0 Å². The van der Waals surface area contributed by atoms with E-state index in [1.165, 1.54) is 0 Å². The molecule has 1 unspecified atom stereocenters. The van der Waals surface area contributed by atoms with Crippen LogP contribution in [0, 0.1) is 5.92 Å². The van der Waals surface area contributed by atoms with Crippen molar-refractivity contribution in [1.29, 1.82) is 0 Å². The van der Waals surface area contributed by atoms with Gasteiger partial charge in [-0.1, -0.05) is 18.2 Å². The molecule has 108 valence electrons. The minimum Gasteiger partial charge on any atom is -0.481 e. The van der Waals surface area contributed by atoms with Crippen LogP contribution in [0.15, 0.2) is 24.3 Å². The van der Waals surface area contributed by atoms with Crippen LogP contribution in [-0.2, 0) is 16.0 Å². The molecule has 1 amide bonds. The Kier molecular flexibility index (Phi) is 4.61. The highest BCUT2D eigenvalue weighted by molar-refractivity contribution is 5.76. The smallest absolute Gasteiger partial charge is 0.308 e. The maximum atomic E-state index is 11.2. The first kappa shape index (κ1) is 14.4. The van der Waals surface area contributed by atoms with E-state index in [9.17, 15) is 14.7 Å². The number of carboxylic acids is 1. The van der Waals surface area contributed by atoms with Gasteiger partial charge < -0.3 is 15.3 Å². The number of anilines is 1. The Hall–Kier alpha value is -2.04. The fourth-order valence-electron chi connectivity index (χ4n) is 2.62. The van der Waals surface area contributed by atoms with E-state index in [-0.39, 0.29) is 11.8 Å². The normalized spacial score (nSPS) is 17.4. The molecule has 1 aromatic carbocycles. The molecule has 1 aliphatic rings. The number of carboxylic acid groups (broad SMARTS) is 1. The molecule has 1 heterocycles. The van der Waals surface area contributed by atoms with E-state index in [4.69, 9.17) is 0 Å². The summed E-state index contributed by atoms with van der Waals surface area (Å²) in [6, 6.07) is 7.90. The average molecular weight is 276 g/mol. The molecule has 0 spiro atoms. The molecule has 0 bridgehead atoms. The van der Waals surface area contributed by atoms with Crippen molar-refractivity contribution in [3.63, 3.8) is 0 Å². The van der Waals surface area contributed by atoms with E-state index in [2.05, 4.69) is 10.2 Å². The van der Waals surface area contributed by atoms with Crippen molar-refractivity contribution in [3.05, 3.63) is 29.8 Å². The molecule has 1 aromatic rings. The molecule has 1 aliphatic heterocycles. The van der Waals surface area contributed by atoms with Crippen molar-refractivity contribution < 1.29 is 14.7 Å². The minimum atomic E-state index is -0.754. The van der Waals surface area contributed by atoms with Gasteiger partial charge in [0.2, 0.25) is 5.91 Å². The maximum Gasteiger partial charge on any atom is 0.308 e. The molecular weight excluding hydrogens is 256 g/mol. The highest BCUT2D eigenvalue weighted by Gasteiger charge is 2.28. The summed E-state index contributed by atoms with van der Waals surface area (Å²) in [4.78, 5) is 24.6. The van der Waals surface area contributed by atoms with Gasteiger partial charge in [0.05, 0.1) is 5.92 Å². The summed E-state index contributed by atoms with van der Waals surface area (Å²) in [5.74, 6) is -1.11. The third kappa shape index (κ3) is 3.29. The lowest BCUT2D eigenvalue weighted by atomic mass is 9.92. The first-order valence-corrected chi connectivity index (χ1v) is 6.88. The van der Waals surface area contributed by atoms with Crippen molar-refractivity contribution in [2.24, 2.45) is 5.92 Å². The van der Waals surface area contributed by atoms with Gasteiger partial charge >= 0.3 is 5.97 Å². The third-order valence-corrected chi connectivity index (χ3v) is 3.70. The highest BCUT2D eigenvalue weighted by atomic mass is 16.4. The molecule has 0 aromatic heterocycles. The second-order valence-electron chi connectivity index (χ2n) is 5.09. The van der Waals surface area contributed by atoms with Crippen LogP contribution in [0.5, 0.6) is 0 Å². The van der Waals surface area contributed by atoms with Gasteiger partial charge in [0.1, 0.15) is 0 Å². The Bertz CT molecular complexity index is 502. The standard InChI is InChI=1S/C15H20N2O3/c1-16-14(18)7-4-8-17-10-12(15(19)20)9-11-5-2-3-6-13(11)17/h2-3,5-6,12H,4,7-10H2,1H3,(H,16,18)(H,19,20). The zero-order valence-electron chi connectivity index (χ0n) is 11.6. The molecule has 0 radical (unpaired) electrons. The second-order valence-corrected chi connectivity index (χ2v) is 5.09. The van der Waals surface area contributed by atoms with Crippen molar-refractivity contribution in [3.8, 4) is 0 Å². The monoisotopic (exact) mass is 276 g/mol. The minimum absolute atomic E-state index is 0.0186. The number of fused-ring (bicyclic) bond motifs is 1. The summed E-state index contributed by atoms with van der Waals surface area (Å²) in [6.45, 7) is 1.22. The number of para-hydroxylation sites is 1. The number of hydrogen-bond donors (Lipinski definition) is 2. The fourth-order valence-corrected chi connectivity index (χ4v) is 2.62. The predicted molar refractivity (Wildman–Crippen MR) is 76.8 cm³/mol. The van der Waals surface area contributed by atoms with Crippen LogP contribution in [0.2, 0.25) is 0 Å². The lowest BCUT2D eigenvalue weighted by Crippen LogP contribution is -2.39. The number of rotatable bonds is 5. The van der Waals surface area contributed by atoms with Crippen LogP contribution in [0.1, 0.15) is 18.4 Å². The predicted octanol–water partition coefficient (Wildman–Crippen LogP) is 1.28. The quantitative estimate of drug-likeness (QED) is 0.850. The number of nitrogens with one attached hydrogen (secondary N) is 1. The molecule has 0 fully saturated rings. The molecule has 0 saturated carbocycles. The Morgan fingerprint density at radius 2 is 2.15 bits per heavy atom. The molecular formula is C15H20N2O3. The van der Waals surface area contributed by atoms with E-state index in [0.717, 1.165) is 17.7 Å². The summed E-state index contributed by atoms with van der Waals surface area (Å²) >= 11 is 0. The highest BCUT2D eigenvalue weighted by Crippen LogP contribution is 2.29. The fraction of sp³-hybridized carbons (Fsp3) is 0.467. The van der Waals surface area contributed by atoms with E-state index in [1.807, 2.05) is 24.3 Å². The van der Waals surface area contributed by atoms with Crippen LogP contribution in [0.3, 0.4) is 0 Å². The average Bonchev–Trinajstić information content (AvgIpc) is 2.46. The van der Waals surface area contributed by atoms with E-state index < -0.39 is 5.97 Å². The summed E-state index contributed by atoms with van der Waals surface area (Å²) in [7, 11) is 1.62. The van der Waals surface area contributed by atoms with E-state index in [1.54, 1.807) is 7.05 Å². The second kappa shape index (κ2) is 6.41. The maximum absolute atomic E-state index is 11.2. The topological polar surface area (TPSA) is 69.6 Å². The molecule has 1 atom stereocenters. The van der Waals surface area contributed by atoms with E-state index in [0.29, 0.717) is 25.9 Å². The van der Waals surface area contributed by atoms with E-state index >= 15 is 0 Å². The van der Waals surface area contributed by atoms with Gasteiger partial charge in [-0.3, -0.25) is 9.59 Å². The lowest BCUT2D eigenvalue weighted by molar-refractivity contribution is -0.141. The molecule has 2 rings (SSSR count). The third-order valence-electron chi connectivity index (χ3n) is 3.70. The van der Waals surface area contributed by atoms with Gasteiger partial charge in [0.15, 0.2) is 0 Å². The van der Waals surface area contributed by atoms with Gasteiger partial charge in [0.25, 0.3) is 0 Å². The summed E-state index contributed by atoms with van der Waals surface area (Å²) in [5.41, 5.74) is 2.17. The molecule has 20 heavy (non-hydrogen) atoms. The Morgan fingerprint density at radius 3 is 2.85 bits per heavy atom. The lowest BCUT2D eigenvalue weighted by Gasteiger charge is -2.34. The largest absolute Gasteiger partial charge is 0.481 e. The molecule has 5 nitrogen and oxygen atoms in total. The number of aliphatic carboxylic acids is 1. The van der Waals surface area contributed by atoms with Crippen LogP contribution in [-0.4, -0.2) is 37.1 Å². The Labute approximate surface area is 118 Å². The Balaban J connectivity index is 2.06. The summed E-state index contributed by atoms with van der Waals surface area (Å²) in [5, 5.41) is 11.8. The molecule has 0 saturated heterocycles. The molecule has 5 heteroatoms. The number of nitrogens with zero attached hydrogens (tertiary/aromatic N) is 1. The summed E-state index contributed by atoms with van der Waals surface area (Å²) < 4.78 is 0. The SMILES string of the molecule is CNC(=O)CCCN1CC(C(=O)O)Cc2ccccc21. The van der Waals surface area contributed by atoms with Crippen LogP contribution in [0.4, 0.5) is 5.69 Å². The van der Waals surface area contributed by atoms with Gasteiger partial charge in [-0.25, -0.2) is 0 Å². The molecule has 0 aliphatic carbocycles. The first-order valence-electron chi connectivity index (χ1n) is 6.88. The Morgan fingerprint density at radius 1 is 1.40 bits per heavy atom. The van der Waals surface area contributed by atoms with Crippen molar-refractivity contribution in [1.82, 2.24) is 5.32 Å². The zero-order chi connectivity index (χ0) is 14.5. The van der Waals surface area contributed by atoms with Crippen LogP contribution >= 0.6 is 0 Å². The van der Waals surface area contributed by atoms with Gasteiger partial charge in [0, 0.05) is 32.2 Å². The van der Waals surface area contributed by atoms with Crippen molar-refractivity contribution in [2.75, 3.05) is 25.0 Å².